The summed E-state index contributed by atoms with van der Waals surface area (Å²) in [5.74, 6) is 1.94. The van der Waals surface area contributed by atoms with Crippen LogP contribution in [0.2, 0.25) is 0 Å². The Morgan fingerprint density at radius 2 is 2.13 bits per heavy atom. The van der Waals surface area contributed by atoms with E-state index in [0.29, 0.717) is 12.6 Å². The standard InChI is InChI=1S/C15H23N7O/c1-20-8-7-16-14(20)9-21-12(10-23)5-6-13(21)15-17-18-19-22(15)11-3-2-4-11/h7-8,11-13,23H,2-6,9-10H2,1H3/t12-,13-/m0/s1. The van der Waals surface area contributed by atoms with Crippen molar-refractivity contribution in [2.24, 2.45) is 7.05 Å². The third-order valence-electron chi connectivity index (χ3n) is 5.34. The summed E-state index contributed by atoms with van der Waals surface area (Å²) in [4.78, 5) is 6.74. The van der Waals surface area contributed by atoms with Gasteiger partial charge in [-0.05, 0) is 42.5 Å². The Morgan fingerprint density at radius 1 is 1.26 bits per heavy atom. The Morgan fingerprint density at radius 3 is 2.78 bits per heavy atom. The van der Waals surface area contributed by atoms with Crippen LogP contribution < -0.4 is 0 Å². The fourth-order valence-corrected chi connectivity index (χ4v) is 3.67. The summed E-state index contributed by atoms with van der Waals surface area (Å²) >= 11 is 0. The van der Waals surface area contributed by atoms with Crippen LogP contribution in [-0.4, -0.2) is 52.4 Å². The summed E-state index contributed by atoms with van der Waals surface area (Å²) < 4.78 is 4.04. The predicted octanol–water partition coefficient (Wildman–Crippen LogP) is 0.830. The molecule has 2 aromatic rings. The number of imidazole rings is 1. The van der Waals surface area contributed by atoms with E-state index >= 15 is 0 Å². The zero-order valence-corrected chi connectivity index (χ0v) is 13.4. The lowest BCUT2D eigenvalue weighted by Crippen LogP contribution is -2.36. The zero-order chi connectivity index (χ0) is 15.8. The average molecular weight is 317 g/mol. The Hall–Kier alpha value is -1.80. The van der Waals surface area contributed by atoms with Gasteiger partial charge in [-0.2, -0.15) is 0 Å². The van der Waals surface area contributed by atoms with Crippen molar-refractivity contribution in [3.8, 4) is 0 Å². The van der Waals surface area contributed by atoms with E-state index in [1.807, 2.05) is 28.7 Å². The molecular formula is C15H23N7O. The molecule has 1 aliphatic carbocycles. The number of aliphatic hydroxyl groups is 1. The molecule has 2 atom stereocenters. The van der Waals surface area contributed by atoms with Crippen LogP contribution >= 0.6 is 0 Å². The van der Waals surface area contributed by atoms with E-state index in [2.05, 4.69) is 25.4 Å². The maximum atomic E-state index is 9.76. The maximum absolute atomic E-state index is 9.76. The number of hydrogen-bond donors (Lipinski definition) is 1. The van der Waals surface area contributed by atoms with Gasteiger partial charge in [0.15, 0.2) is 5.82 Å². The minimum atomic E-state index is 0.142. The summed E-state index contributed by atoms with van der Waals surface area (Å²) in [6.45, 7) is 0.864. The Kier molecular flexibility index (Phi) is 3.86. The molecule has 1 saturated carbocycles. The largest absolute Gasteiger partial charge is 0.395 e. The molecule has 0 spiro atoms. The van der Waals surface area contributed by atoms with Gasteiger partial charge in [0.2, 0.25) is 0 Å². The normalized spacial score (nSPS) is 25.8. The highest BCUT2D eigenvalue weighted by Crippen LogP contribution is 2.39. The van der Waals surface area contributed by atoms with Crippen LogP contribution in [0.25, 0.3) is 0 Å². The van der Waals surface area contributed by atoms with Crippen LogP contribution in [-0.2, 0) is 13.6 Å². The highest BCUT2D eigenvalue weighted by atomic mass is 16.3. The van der Waals surface area contributed by atoms with Gasteiger partial charge in [0.25, 0.3) is 0 Å². The van der Waals surface area contributed by atoms with Gasteiger partial charge in [-0.25, -0.2) is 9.67 Å². The minimum absolute atomic E-state index is 0.142. The van der Waals surface area contributed by atoms with Gasteiger partial charge in [-0.15, -0.1) is 5.10 Å². The lowest BCUT2D eigenvalue weighted by Gasteiger charge is -2.31. The van der Waals surface area contributed by atoms with Crippen molar-refractivity contribution in [2.45, 2.75) is 56.8 Å². The van der Waals surface area contributed by atoms with Crippen molar-refractivity contribution in [2.75, 3.05) is 6.61 Å². The summed E-state index contributed by atoms with van der Waals surface area (Å²) in [6, 6.07) is 0.742. The minimum Gasteiger partial charge on any atom is -0.395 e. The molecule has 3 heterocycles. The van der Waals surface area contributed by atoms with E-state index in [-0.39, 0.29) is 18.7 Å². The molecule has 0 amide bonds. The van der Waals surface area contributed by atoms with E-state index < -0.39 is 0 Å². The average Bonchev–Trinajstić information content (AvgIpc) is 3.19. The molecule has 0 unspecified atom stereocenters. The van der Waals surface area contributed by atoms with Crippen LogP contribution in [0.15, 0.2) is 12.4 Å². The fourth-order valence-electron chi connectivity index (χ4n) is 3.67. The van der Waals surface area contributed by atoms with Crippen LogP contribution in [0.4, 0.5) is 0 Å². The van der Waals surface area contributed by atoms with Crippen LogP contribution in [0.3, 0.4) is 0 Å². The first kappa shape index (κ1) is 14.8. The smallest absolute Gasteiger partial charge is 0.168 e. The maximum Gasteiger partial charge on any atom is 0.168 e. The SMILES string of the molecule is Cn1ccnc1CN1[C@H](CO)CC[C@H]1c1nnnn1C1CCC1. The Labute approximate surface area is 135 Å². The third-order valence-corrected chi connectivity index (χ3v) is 5.34. The summed E-state index contributed by atoms with van der Waals surface area (Å²) in [7, 11) is 2.00. The molecule has 1 N–H and O–H groups in total. The van der Waals surface area contributed by atoms with Crippen molar-refractivity contribution < 1.29 is 5.11 Å². The highest BCUT2D eigenvalue weighted by molar-refractivity contribution is 5.04. The van der Waals surface area contributed by atoms with E-state index in [4.69, 9.17) is 0 Å². The van der Waals surface area contributed by atoms with E-state index in [1.165, 1.54) is 6.42 Å². The van der Waals surface area contributed by atoms with Crippen molar-refractivity contribution in [1.82, 2.24) is 34.7 Å². The van der Waals surface area contributed by atoms with Gasteiger partial charge in [-0.1, -0.05) is 0 Å². The first-order valence-electron chi connectivity index (χ1n) is 8.38. The number of aromatic nitrogens is 6. The molecule has 8 heteroatoms. The number of rotatable bonds is 5. The van der Waals surface area contributed by atoms with E-state index in [9.17, 15) is 5.11 Å². The molecule has 0 aromatic carbocycles. The number of tetrazole rings is 1. The van der Waals surface area contributed by atoms with Gasteiger partial charge < -0.3 is 9.67 Å². The van der Waals surface area contributed by atoms with Crippen LogP contribution in [0.5, 0.6) is 0 Å². The lowest BCUT2D eigenvalue weighted by atomic mass is 9.93. The highest BCUT2D eigenvalue weighted by Gasteiger charge is 2.39. The number of aryl methyl sites for hydroxylation is 1. The van der Waals surface area contributed by atoms with Crippen molar-refractivity contribution in [3.05, 3.63) is 24.0 Å². The molecule has 4 rings (SSSR count). The monoisotopic (exact) mass is 317 g/mol. The molecule has 2 fully saturated rings. The van der Waals surface area contributed by atoms with Gasteiger partial charge in [0, 0.05) is 25.5 Å². The number of nitrogens with zero attached hydrogens (tertiary/aromatic N) is 7. The molecule has 0 radical (unpaired) electrons. The third kappa shape index (κ3) is 2.55. The quantitative estimate of drug-likeness (QED) is 0.879. The van der Waals surface area contributed by atoms with E-state index in [0.717, 1.165) is 37.3 Å². The van der Waals surface area contributed by atoms with Gasteiger partial charge in [-0.3, -0.25) is 4.90 Å². The van der Waals surface area contributed by atoms with Gasteiger partial charge in [0.05, 0.1) is 25.2 Å². The summed E-state index contributed by atoms with van der Waals surface area (Å²) in [5, 5.41) is 22.2. The Balaban J connectivity index is 1.61. The second-order valence-electron chi connectivity index (χ2n) is 6.62. The molecule has 124 valence electrons. The van der Waals surface area contributed by atoms with Gasteiger partial charge >= 0.3 is 0 Å². The molecular weight excluding hydrogens is 294 g/mol. The number of likely N-dealkylation sites (tertiary alicyclic amines) is 1. The molecule has 1 aliphatic heterocycles. The second-order valence-corrected chi connectivity index (χ2v) is 6.62. The van der Waals surface area contributed by atoms with Crippen molar-refractivity contribution in [3.63, 3.8) is 0 Å². The second kappa shape index (κ2) is 6.01. The van der Waals surface area contributed by atoms with Crippen LogP contribution in [0.1, 0.15) is 55.8 Å². The van der Waals surface area contributed by atoms with Gasteiger partial charge in [0.1, 0.15) is 5.82 Å². The molecule has 2 aromatic heterocycles. The fraction of sp³-hybridized carbons (Fsp3) is 0.733. The van der Waals surface area contributed by atoms with Crippen LogP contribution in [0, 0.1) is 0 Å². The molecule has 2 aliphatic rings. The summed E-state index contributed by atoms with van der Waals surface area (Å²) in [6.07, 6.45) is 9.28. The molecule has 23 heavy (non-hydrogen) atoms. The predicted molar refractivity (Wildman–Crippen MR) is 82.3 cm³/mol. The number of hydrogen-bond acceptors (Lipinski definition) is 6. The molecule has 8 nitrogen and oxygen atoms in total. The topological polar surface area (TPSA) is 84.9 Å². The van der Waals surface area contributed by atoms with E-state index in [1.54, 1.807) is 0 Å². The summed E-state index contributed by atoms with van der Waals surface area (Å²) in [5.41, 5.74) is 0. The lowest BCUT2D eigenvalue weighted by molar-refractivity contribution is 0.110. The first-order valence-corrected chi connectivity index (χ1v) is 8.38. The molecule has 0 bridgehead atoms. The first-order chi connectivity index (χ1) is 11.3. The Bertz CT molecular complexity index is 662. The number of aliphatic hydroxyl groups excluding tert-OH is 1. The molecule has 1 saturated heterocycles. The zero-order valence-electron chi connectivity index (χ0n) is 13.4. The van der Waals surface area contributed by atoms with Crippen molar-refractivity contribution >= 4 is 0 Å². The van der Waals surface area contributed by atoms with Crippen molar-refractivity contribution in [1.29, 1.82) is 0 Å².